The van der Waals surface area contributed by atoms with Crippen molar-refractivity contribution in [2.75, 3.05) is 5.43 Å². The van der Waals surface area contributed by atoms with Crippen LogP contribution < -0.4 is 11.0 Å². The van der Waals surface area contributed by atoms with Gasteiger partial charge in [-0.05, 0) is 42.5 Å². The van der Waals surface area contributed by atoms with Crippen molar-refractivity contribution in [3.63, 3.8) is 0 Å². The fraction of sp³-hybridized carbons (Fsp3) is 0. The van der Waals surface area contributed by atoms with Crippen molar-refractivity contribution in [2.24, 2.45) is 5.10 Å². The number of rotatable bonds is 5. The third kappa shape index (κ3) is 5.10. The number of hydrogen-bond acceptors (Lipinski definition) is 8. The van der Waals surface area contributed by atoms with Crippen molar-refractivity contribution in [3.05, 3.63) is 109 Å². The van der Waals surface area contributed by atoms with E-state index in [-0.39, 0.29) is 21.8 Å². The van der Waals surface area contributed by atoms with Crippen LogP contribution in [0.4, 0.5) is 11.4 Å². The van der Waals surface area contributed by atoms with E-state index in [1.807, 2.05) is 6.07 Å². The number of nitrogens with zero attached hydrogens (tertiary/aromatic N) is 4. The van der Waals surface area contributed by atoms with E-state index >= 15 is 0 Å². The standard InChI is InChI=1S/C22H14BrN5O4S/c23-16-8-4-7-15(13-16)19-26-27(21(29)14-5-2-1-3-6-14)22(33)20(32-19)25-24-17-9-11-18(12-10-17)28(30)31/h1-13,24H/b25-20+. The highest BCUT2D eigenvalue weighted by Crippen LogP contribution is 2.20. The van der Waals surface area contributed by atoms with Crippen LogP contribution in [-0.4, -0.2) is 20.6 Å². The van der Waals surface area contributed by atoms with E-state index in [1.54, 1.807) is 48.5 Å². The number of halogens is 1. The number of nitro groups is 1. The van der Waals surface area contributed by atoms with Gasteiger partial charge in [0.2, 0.25) is 5.89 Å². The summed E-state index contributed by atoms with van der Waals surface area (Å²) in [6.45, 7) is 0. The number of benzene rings is 3. The number of nitro benzene ring substituents is 1. The van der Waals surface area contributed by atoms with Gasteiger partial charge in [-0.25, -0.2) is 0 Å². The smallest absolute Gasteiger partial charge is 0.279 e. The van der Waals surface area contributed by atoms with Crippen LogP contribution in [0, 0.1) is 14.8 Å². The summed E-state index contributed by atoms with van der Waals surface area (Å²) in [5.74, 6) is -0.321. The van der Waals surface area contributed by atoms with Crippen molar-refractivity contribution < 1.29 is 14.1 Å². The number of carbonyl (C=O) groups is 1. The maximum atomic E-state index is 13.1. The van der Waals surface area contributed by atoms with Crippen LogP contribution in [-0.2, 0) is 0 Å². The van der Waals surface area contributed by atoms with E-state index in [0.717, 1.165) is 9.15 Å². The van der Waals surface area contributed by atoms with Gasteiger partial charge in [0.25, 0.3) is 17.1 Å². The molecule has 0 aliphatic rings. The molecule has 0 bridgehead atoms. The Kier molecular flexibility index (Phi) is 6.52. The molecule has 0 saturated carbocycles. The molecule has 164 valence electrons. The summed E-state index contributed by atoms with van der Waals surface area (Å²) in [5, 5.41) is 19.3. The first-order chi connectivity index (χ1) is 15.9. The highest BCUT2D eigenvalue weighted by atomic mass is 79.9. The molecule has 0 aliphatic carbocycles. The van der Waals surface area contributed by atoms with E-state index in [1.165, 1.54) is 24.3 Å². The molecule has 0 saturated heterocycles. The molecule has 0 spiro atoms. The van der Waals surface area contributed by atoms with Gasteiger partial charge in [-0.2, -0.15) is 4.68 Å². The molecular weight excluding hydrogens is 510 g/mol. The van der Waals surface area contributed by atoms with Crippen LogP contribution in [0.2, 0.25) is 0 Å². The third-order valence-electron chi connectivity index (χ3n) is 4.41. The zero-order chi connectivity index (χ0) is 23.4. The molecule has 11 heteroatoms. The zero-order valence-electron chi connectivity index (χ0n) is 16.7. The molecule has 0 radical (unpaired) electrons. The Balaban J connectivity index is 1.82. The Hall–Kier alpha value is -3.96. The molecule has 4 aromatic rings. The second kappa shape index (κ2) is 9.67. The zero-order valence-corrected chi connectivity index (χ0v) is 19.1. The lowest BCUT2D eigenvalue weighted by atomic mass is 10.2. The second-order valence-corrected chi connectivity index (χ2v) is 7.94. The summed E-state index contributed by atoms with van der Waals surface area (Å²) in [4.78, 5) is 23.4. The fourth-order valence-corrected chi connectivity index (χ4v) is 3.42. The Labute approximate surface area is 200 Å². The van der Waals surface area contributed by atoms with E-state index < -0.39 is 10.8 Å². The molecular formula is C22H14BrN5O4S. The van der Waals surface area contributed by atoms with Crippen molar-refractivity contribution in [1.29, 1.82) is 0 Å². The van der Waals surface area contributed by atoms with Gasteiger partial charge in [0.05, 0.1) is 10.6 Å². The predicted octanol–water partition coefficient (Wildman–Crippen LogP) is 5.16. The lowest BCUT2D eigenvalue weighted by Gasteiger charge is -2.08. The minimum absolute atomic E-state index is 0.0444. The second-order valence-electron chi connectivity index (χ2n) is 6.64. The summed E-state index contributed by atoms with van der Waals surface area (Å²) < 4.78 is 7.62. The van der Waals surface area contributed by atoms with Crippen molar-refractivity contribution >= 4 is 45.4 Å². The minimum atomic E-state index is -0.497. The number of hydrogen-bond donors (Lipinski definition) is 1. The van der Waals surface area contributed by atoms with Crippen molar-refractivity contribution in [1.82, 2.24) is 9.78 Å². The van der Waals surface area contributed by atoms with Crippen LogP contribution >= 0.6 is 28.1 Å². The quantitative estimate of drug-likeness (QED) is 0.218. The van der Waals surface area contributed by atoms with Crippen LogP contribution in [0.3, 0.4) is 0 Å². The topological polar surface area (TPSA) is 116 Å². The molecule has 9 nitrogen and oxygen atoms in total. The monoisotopic (exact) mass is 523 g/mol. The Morgan fingerprint density at radius 1 is 1.09 bits per heavy atom. The maximum Gasteiger partial charge on any atom is 0.279 e. The van der Waals surface area contributed by atoms with Crippen LogP contribution in [0.5, 0.6) is 0 Å². The Morgan fingerprint density at radius 3 is 2.48 bits per heavy atom. The lowest BCUT2D eigenvalue weighted by Crippen LogP contribution is -2.24. The third-order valence-corrected chi connectivity index (χ3v) is 5.25. The summed E-state index contributed by atoms with van der Waals surface area (Å²) in [7, 11) is 0. The molecule has 0 unspecified atom stereocenters. The first-order valence-corrected chi connectivity index (χ1v) is 10.7. The largest absolute Gasteiger partial charge is 0.414 e. The van der Waals surface area contributed by atoms with Crippen LogP contribution in [0.15, 0.2) is 92.9 Å². The summed E-state index contributed by atoms with van der Waals surface area (Å²) >= 11 is 8.83. The van der Waals surface area contributed by atoms with Gasteiger partial charge in [0, 0.05) is 27.7 Å². The van der Waals surface area contributed by atoms with Crippen molar-refractivity contribution in [2.45, 2.75) is 0 Å². The number of non-ortho nitro benzene ring substituents is 1. The fourth-order valence-electron chi connectivity index (χ4n) is 2.80. The molecule has 1 aromatic heterocycles. The van der Waals surface area contributed by atoms with Crippen LogP contribution in [0.1, 0.15) is 10.4 Å². The minimum Gasteiger partial charge on any atom is -0.414 e. The van der Waals surface area contributed by atoms with E-state index in [4.69, 9.17) is 16.6 Å². The van der Waals surface area contributed by atoms with Crippen LogP contribution in [0.25, 0.3) is 11.5 Å². The van der Waals surface area contributed by atoms with Gasteiger partial charge in [0.1, 0.15) is 0 Å². The Bertz CT molecular complexity index is 1470. The van der Waals surface area contributed by atoms with Gasteiger partial charge in [-0.15, -0.1) is 10.2 Å². The molecule has 0 atom stereocenters. The molecule has 1 N–H and O–H groups in total. The van der Waals surface area contributed by atoms with Crippen molar-refractivity contribution in [3.8, 4) is 11.5 Å². The first kappa shape index (κ1) is 22.2. The summed E-state index contributed by atoms with van der Waals surface area (Å²) in [5.41, 5.74) is 4.09. The highest BCUT2D eigenvalue weighted by molar-refractivity contribution is 9.10. The molecule has 4 rings (SSSR count). The SMILES string of the molecule is O=C(c1ccccc1)n1nc(-c2cccc(Br)c2)o/c(=N/Nc2ccc([N+](=O)[O-])cc2)c1=S. The molecule has 33 heavy (non-hydrogen) atoms. The number of nitrogens with one attached hydrogen (secondary N) is 1. The number of carbonyl (C=O) groups excluding carboxylic acids is 1. The molecule has 0 aliphatic heterocycles. The Morgan fingerprint density at radius 2 is 1.82 bits per heavy atom. The molecule has 1 heterocycles. The number of aromatic nitrogens is 2. The first-order valence-electron chi connectivity index (χ1n) is 9.47. The molecule has 3 aromatic carbocycles. The van der Waals surface area contributed by atoms with Gasteiger partial charge < -0.3 is 4.42 Å². The number of anilines is 1. The van der Waals surface area contributed by atoms with Gasteiger partial charge in [-0.3, -0.25) is 20.3 Å². The molecule has 0 amide bonds. The molecule has 0 fully saturated rings. The maximum absolute atomic E-state index is 13.1. The van der Waals surface area contributed by atoms with E-state index in [9.17, 15) is 14.9 Å². The van der Waals surface area contributed by atoms with Gasteiger partial charge in [0.15, 0.2) is 4.64 Å². The average Bonchev–Trinajstić information content (AvgIpc) is 2.83. The van der Waals surface area contributed by atoms with Gasteiger partial charge in [-0.1, -0.05) is 52.4 Å². The van der Waals surface area contributed by atoms with E-state index in [0.29, 0.717) is 16.8 Å². The highest BCUT2D eigenvalue weighted by Gasteiger charge is 2.15. The summed E-state index contributed by atoms with van der Waals surface area (Å²) in [6.07, 6.45) is 0. The average molecular weight is 524 g/mol. The van der Waals surface area contributed by atoms with E-state index in [2.05, 4.69) is 31.6 Å². The summed E-state index contributed by atoms with van der Waals surface area (Å²) in [6, 6.07) is 21.4. The lowest BCUT2D eigenvalue weighted by molar-refractivity contribution is -0.384. The normalized spacial score (nSPS) is 11.2. The predicted molar refractivity (Wildman–Crippen MR) is 127 cm³/mol. The van der Waals surface area contributed by atoms with Gasteiger partial charge >= 0.3 is 0 Å².